The van der Waals surface area contributed by atoms with E-state index in [9.17, 15) is 0 Å². The average molecular weight is 574 g/mol. The van der Waals surface area contributed by atoms with Crippen molar-refractivity contribution in [1.82, 2.24) is 13.7 Å². The van der Waals surface area contributed by atoms with Crippen LogP contribution < -0.4 is 0 Å². The summed E-state index contributed by atoms with van der Waals surface area (Å²) in [7, 11) is 0. The predicted molar refractivity (Wildman–Crippen MR) is 189 cm³/mol. The molecule has 0 spiro atoms. The van der Waals surface area contributed by atoms with E-state index in [1.807, 2.05) is 0 Å². The summed E-state index contributed by atoms with van der Waals surface area (Å²) in [5, 5.41) is 8.87. The molecule has 10 aromatic rings. The summed E-state index contributed by atoms with van der Waals surface area (Å²) >= 11 is 0. The number of aromatic nitrogens is 3. The smallest absolute Gasteiger partial charge is 0.0547 e. The van der Waals surface area contributed by atoms with Crippen molar-refractivity contribution in [3.05, 3.63) is 164 Å². The van der Waals surface area contributed by atoms with Crippen LogP contribution >= 0.6 is 0 Å². The van der Waals surface area contributed by atoms with Crippen LogP contribution in [0.2, 0.25) is 0 Å². The average Bonchev–Trinajstić information content (AvgIpc) is 3.78. The minimum atomic E-state index is 1.15. The van der Waals surface area contributed by atoms with Crippen molar-refractivity contribution < 1.29 is 0 Å². The summed E-state index contributed by atoms with van der Waals surface area (Å²) in [6, 6.07) is 57.3. The first-order chi connectivity index (χ1) is 22.3. The summed E-state index contributed by atoms with van der Waals surface area (Å²) in [6.45, 7) is 0. The minimum absolute atomic E-state index is 1.15. The van der Waals surface area contributed by atoms with Gasteiger partial charge in [-0.3, -0.25) is 0 Å². The molecule has 0 saturated carbocycles. The van der Waals surface area contributed by atoms with E-state index in [1.54, 1.807) is 0 Å². The summed E-state index contributed by atoms with van der Waals surface area (Å²) in [5.74, 6) is 0. The molecule has 0 fully saturated rings. The molecule has 3 heterocycles. The van der Waals surface area contributed by atoms with Crippen molar-refractivity contribution in [2.24, 2.45) is 0 Å². The highest BCUT2D eigenvalue weighted by Crippen LogP contribution is 2.38. The van der Waals surface area contributed by atoms with Crippen molar-refractivity contribution in [3.63, 3.8) is 0 Å². The van der Waals surface area contributed by atoms with Gasteiger partial charge in [0.05, 0.1) is 27.6 Å². The fourth-order valence-electron chi connectivity index (χ4n) is 7.46. The maximum atomic E-state index is 2.42. The lowest BCUT2D eigenvalue weighted by Crippen LogP contribution is -1.97. The van der Waals surface area contributed by atoms with Gasteiger partial charge in [-0.15, -0.1) is 0 Å². The van der Waals surface area contributed by atoms with Crippen LogP contribution in [0.15, 0.2) is 164 Å². The van der Waals surface area contributed by atoms with Gasteiger partial charge in [0.15, 0.2) is 0 Å². The second-order valence-corrected chi connectivity index (χ2v) is 11.8. The van der Waals surface area contributed by atoms with E-state index in [2.05, 4.69) is 178 Å². The van der Waals surface area contributed by atoms with Gasteiger partial charge in [-0.2, -0.15) is 0 Å². The number of fused-ring (bicyclic) bond motifs is 9. The molecule has 7 aromatic carbocycles. The molecular formula is C42H27N3. The second kappa shape index (κ2) is 9.22. The van der Waals surface area contributed by atoms with Crippen molar-refractivity contribution >= 4 is 65.3 Å². The predicted octanol–water partition coefficient (Wildman–Crippen LogP) is 11.0. The van der Waals surface area contributed by atoms with Gasteiger partial charge >= 0.3 is 0 Å². The fraction of sp³-hybridized carbons (Fsp3) is 0. The Hall–Kier alpha value is -6.06. The molecule has 210 valence electrons. The molecule has 0 amide bonds. The van der Waals surface area contributed by atoms with Crippen LogP contribution in [-0.4, -0.2) is 13.7 Å². The summed E-state index contributed by atoms with van der Waals surface area (Å²) in [4.78, 5) is 0. The Morgan fingerprint density at radius 3 is 1.42 bits per heavy atom. The van der Waals surface area contributed by atoms with Crippen LogP contribution in [0.3, 0.4) is 0 Å². The Balaban J connectivity index is 1.20. The van der Waals surface area contributed by atoms with Crippen LogP contribution in [0.25, 0.3) is 82.3 Å². The third-order valence-corrected chi connectivity index (χ3v) is 9.46. The van der Waals surface area contributed by atoms with Crippen LogP contribution in [0, 0.1) is 0 Å². The first kappa shape index (κ1) is 24.4. The maximum absolute atomic E-state index is 2.42. The van der Waals surface area contributed by atoms with E-state index >= 15 is 0 Å². The summed E-state index contributed by atoms with van der Waals surface area (Å²) in [6.07, 6.45) is 2.19. The highest BCUT2D eigenvalue weighted by Gasteiger charge is 2.16. The first-order valence-electron chi connectivity index (χ1n) is 15.4. The molecule has 10 rings (SSSR count). The van der Waals surface area contributed by atoms with Gasteiger partial charge in [-0.1, -0.05) is 78.9 Å². The van der Waals surface area contributed by atoms with Gasteiger partial charge in [-0.25, -0.2) is 0 Å². The Morgan fingerprint density at radius 2 is 0.800 bits per heavy atom. The quantitative estimate of drug-likeness (QED) is 0.200. The Bertz CT molecular complexity index is 2690. The van der Waals surface area contributed by atoms with E-state index in [-0.39, 0.29) is 0 Å². The SMILES string of the molecule is c1ccc(-n2ccc3c4cc5c(cc4ccc32)c2ccccc2n5-c2ccc(-n3c4ccccc4c4ccccc43)cc2)cc1. The first-order valence-corrected chi connectivity index (χ1v) is 15.4. The van der Waals surface area contributed by atoms with Gasteiger partial charge in [-0.05, 0) is 89.6 Å². The van der Waals surface area contributed by atoms with Crippen molar-refractivity contribution in [2.75, 3.05) is 0 Å². The van der Waals surface area contributed by atoms with E-state index in [0.717, 1.165) is 11.4 Å². The molecule has 0 aliphatic rings. The zero-order chi connectivity index (χ0) is 29.5. The molecule has 0 N–H and O–H groups in total. The Kier molecular flexibility index (Phi) is 5.00. The van der Waals surface area contributed by atoms with E-state index in [1.165, 1.54) is 71.0 Å². The normalized spacial score (nSPS) is 12.0. The van der Waals surface area contributed by atoms with Gasteiger partial charge < -0.3 is 13.7 Å². The standard InChI is InChI=1S/C42H27N3/c1-2-10-29(11-3-1)43-25-24-35-36-27-42-37(26-28(36)18-23-38(35)43)34-14-6-9-17-41(34)45(42)31-21-19-30(20-22-31)44-39-15-7-4-12-32(39)33-13-5-8-16-40(33)44/h1-27H. The zero-order valence-corrected chi connectivity index (χ0v) is 24.4. The Labute approximate surface area is 259 Å². The van der Waals surface area contributed by atoms with E-state index in [0.29, 0.717) is 0 Å². The monoisotopic (exact) mass is 573 g/mol. The number of rotatable bonds is 3. The van der Waals surface area contributed by atoms with Crippen LogP contribution in [-0.2, 0) is 0 Å². The molecule has 0 aliphatic carbocycles. The number of para-hydroxylation sites is 4. The molecule has 0 unspecified atom stereocenters. The highest BCUT2D eigenvalue weighted by atomic mass is 15.0. The fourth-order valence-corrected chi connectivity index (χ4v) is 7.46. The second-order valence-electron chi connectivity index (χ2n) is 11.8. The molecule has 3 heteroatoms. The van der Waals surface area contributed by atoms with Crippen LogP contribution in [0.4, 0.5) is 0 Å². The zero-order valence-electron chi connectivity index (χ0n) is 24.4. The van der Waals surface area contributed by atoms with Crippen molar-refractivity contribution in [1.29, 1.82) is 0 Å². The number of nitrogens with zero attached hydrogens (tertiary/aromatic N) is 3. The van der Waals surface area contributed by atoms with Crippen molar-refractivity contribution in [2.45, 2.75) is 0 Å². The Morgan fingerprint density at radius 1 is 0.289 bits per heavy atom. The maximum Gasteiger partial charge on any atom is 0.0547 e. The highest BCUT2D eigenvalue weighted by molar-refractivity contribution is 6.18. The topological polar surface area (TPSA) is 14.8 Å². The molecule has 3 aromatic heterocycles. The van der Waals surface area contributed by atoms with Gasteiger partial charge in [0, 0.05) is 50.2 Å². The molecule has 0 bridgehead atoms. The van der Waals surface area contributed by atoms with Crippen LogP contribution in [0.5, 0.6) is 0 Å². The molecular weight excluding hydrogens is 546 g/mol. The number of hydrogen-bond acceptors (Lipinski definition) is 0. The minimum Gasteiger partial charge on any atom is -0.317 e. The number of benzene rings is 7. The largest absolute Gasteiger partial charge is 0.317 e. The molecule has 0 saturated heterocycles. The molecule has 3 nitrogen and oxygen atoms in total. The van der Waals surface area contributed by atoms with E-state index < -0.39 is 0 Å². The third-order valence-electron chi connectivity index (χ3n) is 9.46. The molecule has 0 aliphatic heterocycles. The lowest BCUT2D eigenvalue weighted by Gasteiger charge is -2.12. The summed E-state index contributed by atoms with van der Waals surface area (Å²) in [5.41, 5.74) is 9.57. The van der Waals surface area contributed by atoms with Gasteiger partial charge in [0.25, 0.3) is 0 Å². The van der Waals surface area contributed by atoms with Gasteiger partial charge in [0.2, 0.25) is 0 Å². The lowest BCUT2D eigenvalue weighted by molar-refractivity contribution is 1.13. The van der Waals surface area contributed by atoms with E-state index in [4.69, 9.17) is 0 Å². The summed E-state index contributed by atoms with van der Waals surface area (Å²) < 4.78 is 7.08. The van der Waals surface area contributed by atoms with Crippen LogP contribution in [0.1, 0.15) is 0 Å². The third kappa shape index (κ3) is 3.46. The number of hydrogen-bond donors (Lipinski definition) is 0. The van der Waals surface area contributed by atoms with Gasteiger partial charge in [0.1, 0.15) is 0 Å². The molecule has 0 atom stereocenters. The molecule has 45 heavy (non-hydrogen) atoms. The van der Waals surface area contributed by atoms with Crippen molar-refractivity contribution in [3.8, 4) is 17.1 Å². The lowest BCUT2D eigenvalue weighted by atomic mass is 10.0. The molecule has 0 radical (unpaired) electrons.